The van der Waals surface area contributed by atoms with Crippen LogP contribution in [0.1, 0.15) is 19.3 Å². The quantitative estimate of drug-likeness (QED) is 0.233. The molecule has 1 fully saturated rings. The molecule has 14 heteroatoms. The van der Waals surface area contributed by atoms with Crippen molar-refractivity contribution in [3.63, 3.8) is 0 Å². The molecule has 2 heterocycles. The van der Waals surface area contributed by atoms with Crippen LogP contribution in [0, 0.1) is 5.92 Å². The molecule has 1 aliphatic rings. The third-order valence-electron chi connectivity index (χ3n) is 6.64. The van der Waals surface area contributed by atoms with E-state index in [0.29, 0.717) is 34.0 Å². The number of primary amides is 1. The molecule has 1 saturated carbocycles. The molecule has 2 atom stereocenters. The molecule has 0 spiro atoms. The maximum atomic E-state index is 13.2. The van der Waals surface area contributed by atoms with Gasteiger partial charge in [0, 0.05) is 35.3 Å². The van der Waals surface area contributed by atoms with Gasteiger partial charge in [-0.1, -0.05) is 40.9 Å². The first-order chi connectivity index (χ1) is 19.1. The maximum Gasteiger partial charge on any atom is 0.267 e. The molecule has 0 aliphatic heterocycles. The second-order valence-corrected chi connectivity index (χ2v) is 12.1. The highest BCUT2D eigenvalue weighted by Crippen LogP contribution is 2.41. The Labute approximate surface area is 245 Å². The number of carbonyl (C=O) groups is 1. The summed E-state index contributed by atoms with van der Waals surface area (Å²) >= 11 is 19.2. The fraction of sp³-hybridized carbons (Fsp3) is 0.231. The second-order valence-electron chi connectivity index (χ2n) is 9.27. The molecule has 10 nitrogen and oxygen atoms in total. The Morgan fingerprint density at radius 3 is 2.60 bits per heavy atom. The lowest BCUT2D eigenvalue weighted by Crippen LogP contribution is -2.23. The number of aromatic nitrogens is 3. The van der Waals surface area contributed by atoms with Crippen LogP contribution in [-0.2, 0) is 14.8 Å². The van der Waals surface area contributed by atoms with Crippen molar-refractivity contribution >= 4 is 73.3 Å². The van der Waals surface area contributed by atoms with E-state index >= 15 is 0 Å². The molecule has 0 saturated heterocycles. The maximum absolute atomic E-state index is 13.2. The number of anilines is 2. The number of halogens is 3. The Bertz CT molecular complexity index is 1740. The predicted molar refractivity (Wildman–Crippen MR) is 156 cm³/mol. The number of benzene rings is 2. The smallest absolute Gasteiger partial charge is 0.267 e. The van der Waals surface area contributed by atoms with Crippen molar-refractivity contribution in [1.29, 1.82) is 0 Å². The molecule has 0 unspecified atom stereocenters. The van der Waals surface area contributed by atoms with E-state index < -0.39 is 10.0 Å². The molecule has 40 heavy (non-hydrogen) atoms. The lowest BCUT2D eigenvalue weighted by Gasteiger charge is -2.16. The van der Waals surface area contributed by atoms with Gasteiger partial charge in [0.25, 0.3) is 10.0 Å². The zero-order valence-electron chi connectivity index (χ0n) is 21.0. The number of hydrogen-bond donors (Lipinski definition) is 3. The summed E-state index contributed by atoms with van der Waals surface area (Å²) in [6.07, 6.45) is 5.15. The van der Waals surface area contributed by atoms with Crippen LogP contribution in [0.25, 0.3) is 22.0 Å². The van der Waals surface area contributed by atoms with E-state index in [9.17, 15) is 13.2 Å². The third kappa shape index (κ3) is 5.73. The lowest BCUT2D eigenvalue weighted by molar-refractivity contribution is -0.121. The van der Waals surface area contributed by atoms with Crippen LogP contribution in [0.2, 0.25) is 15.1 Å². The molecule has 0 bridgehead atoms. The van der Waals surface area contributed by atoms with Gasteiger partial charge in [0.15, 0.2) is 4.90 Å². The molecule has 1 aliphatic carbocycles. The number of nitrogens with zero attached hydrogens (tertiary/aromatic N) is 3. The second kappa shape index (κ2) is 11.2. The first kappa shape index (κ1) is 28.2. The molecular weight excluding hydrogens is 599 g/mol. The van der Waals surface area contributed by atoms with E-state index in [2.05, 4.69) is 25.0 Å². The summed E-state index contributed by atoms with van der Waals surface area (Å²) in [5.74, 6) is -0.0916. The standard InChI is InChI=1S/C26H23Cl3N6O4S/c1-39-25-21(10-16(27)12-31-25)40(37,38)35-20-7-5-18(28)22(23(20)29)13-3-6-19-15(8-13)11-32-26(34-19)33-17-4-2-14(9-17)24(30)36/h3,5-8,10-12,14,17,35H,2,4,9H2,1H3,(H2,30,36)(H,32,33,34)/t14-,17-/m1/s1. The van der Waals surface area contributed by atoms with Crippen molar-refractivity contribution in [3.8, 4) is 17.0 Å². The molecule has 208 valence electrons. The molecule has 0 radical (unpaired) electrons. The number of nitrogens with two attached hydrogens (primary N) is 1. The highest BCUT2D eigenvalue weighted by atomic mass is 35.5. The summed E-state index contributed by atoms with van der Waals surface area (Å²) < 4.78 is 33.9. The molecule has 1 amide bonds. The summed E-state index contributed by atoms with van der Waals surface area (Å²) in [5.41, 5.74) is 7.27. The minimum atomic E-state index is -4.17. The van der Waals surface area contributed by atoms with Crippen LogP contribution in [-0.4, -0.2) is 42.4 Å². The number of ether oxygens (including phenoxy) is 1. The summed E-state index contributed by atoms with van der Waals surface area (Å²) in [7, 11) is -2.87. The van der Waals surface area contributed by atoms with Gasteiger partial charge in [-0.25, -0.2) is 23.4 Å². The van der Waals surface area contributed by atoms with E-state index in [4.69, 9.17) is 45.3 Å². The fourth-order valence-electron chi connectivity index (χ4n) is 4.66. The van der Waals surface area contributed by atoms with E-state index in [1.54, 1.807) is 24.4 Å². The highest BCUT2D eigenvalue weighted by molar-refractivity contribution is 7.92. The van der Waals surface area contributed by atoms with Gasteiger partial charge in [0.1, 0.15) is 0 Å². The fourth-order valence-corrected chi connectivity index (χ4v) is 6.79. The molecule has 4 aromatic rings. The van der Waals surface area contributed by atoms with E-state index in [1.165, 1.54) is 25.4 Å². The van der Waals surface area contributed by atoms with Crippen molar-refractivity contribution in [2.75, 3.05) is 17.1 Å². The highest BCUT2D eigenvalue weighted by Gasteiger charge is 2.29. The van der Waals surface area contributed by atoms with Gasteiger partial charge in [0.2, 0.25) is 17.7 Å². The first-order valence-corrected chi connectivity index (χ1v) is 14.7. The Balaban J connectivity index is 1.43. The van der Waals surface area contributed by atoms with Crippen molar-refractivity contribution in [3.05, 3.63) is 63.9 Å². The van der Waals surface area contributed by atoms with Crippen LogP contribution in [0.15, 0.2) is 53.7 Å². The van der Waals surface area contributed by atoms with Crippen molar-refractivity contribution < 1.29 is 17.9 Å². The Hall–Kier alpha value is -3.38. The van der Waals surface area contributed by atoms with Crippen LogP contribution in [0.5, 0.6) is 5.88 Å². The van der Waals surface area contributed by atoms with Gasteiger partial charge in [-0.2, -0.15) is 0 Å². The number of sulfonamides is 1. The van der Waals surface area contributed by atoms with Crippen LogP contribution >= 0.6 is 34.8 Å². The third-order valence-corrected chi connectivity index (χ3v) is 8.91. The number of fused-ring (bicyclic) bond motifs is 1. The molecule has 2 aromatic heterocycles. The van der Waals surface area contributed by atoms with Gasteiger partial charge in [-0.15, -0.1) is 0 Å². The van der Waals surface area contributed by atoms with Gasteiger partial charge in [-0.3, -0.25) is 9.52 Å². The van der Waals surface area contributed by atoms with Crippen molar-refractivity contribution in [1.82, 2.24) is 15.0 Å². The summed E-state index contributed by atoms with van der Waals surface area (Å²) in [4.78, 5) is 24.1. The number of methoxy groups -OCH3 is 1. The minimum absolute atomic E-state index is 0.0704. The zero-order valence-corrected chi connectivity index (χ0v) is 24.1. The zero-order chi connectivity index (χ0) is 28.6. The predicted octanol–water partition coefficient (Wildman–Crippen LogP) is 5.53. The van der Waals surface area contributed by atoms with Crippen LogP contribution in [0.3, 0.4) is 0 Å². The first-order valence-electron chi connectivity index (χ1n) is 12.1. The Morgan fingerprint density at radius 1 is 1.07 bits per heavy atom. The number of nitrogens with one attached hydrogen (secondary N) is 2. The van der Waals surface area contributed by atoms with Crippen molar-refractivity contribution in [2.45, 2.75) is 30.2 Å². The van der Waals surface area contributed by atoms with Gasteiger partial charge >= 0.3 is 0 Å². The molecule has 5 rings (SSSR count). The summed E-state index contributed by atoms with van der Waals surface area (Å²) in [6.45, 7) is 0. The number of rotatable bonds is 8. The average molecular weight is 622 g/mol. The van der Waals surface area contributed by atoms with E-state index in [1.807, 2.05) is 6.07 Å². The molecule has 2 aromatic carbocycles. The average Bonchev–Trinajstić information content (AvgIpc) is 3.39. The Morgan fingerprint density at radius 2 is 1.88 bits per heavy atom. The number of pyridine rings is 1. The van der Waals surface area contributed by atoms with Crippen LogP contribution in [0.4, 0.5) is 11.6 Å². The van der Waals surface area contributed by atoms with Crippen LogP contribution < -0.4 is 20.5 Å². The normalized spacial score (nSPS) is 17.1. The van der Waals surface area contributed by atoms with E-state index in [0.717, 1.165) is 18.2 Å². The van der Waals surface area contributed by atoms with Crippen molar-refractivity contribution in [2.24, 2.45) is 11.7 Å². The molecular formula is C26H23Cl3N6O4S. The van der Waals surface area contributed by atoms with Gasteiger partial charge in [-0.05, 0) is 55.2 Å². The number of carbonyl (C=O) groups excluding carboxylic acids is 1. The topological polar surface area (TPSA) is 149 Å². The van der Waals surface area contributed by atoms with Gasteiger partial charge in [0.05, 0.1) is 33.4 Å². The Kier molecular flexibility index (Phi) is 7.92. The van der Waals surface area contributed by atoms with E-state index in [-0.39, 0.29) is 44.4 Å². The van der Waals surface area contributed by atoms with Gasteiger partial charge < -0.3 is 15.8 Å². The lowest BCUT2D eigenvalue weighted by atomic mass is 10.0. The largest absolute Gasteiger partial charge is 0.480 e. The molecule has 4 N–H and O–H groups in total. The SMILES string of the molecule is COc1ncc(Cl)cc1S(=O)(=O)Nc1ccc(Cl)c(-c2ccc3nc(N[C@@H]4CC[C@@H](C(N)=O)C4)ncc3c2)c1Cl. The summed E-state index contributed by atoms with van der Waals surface area (Å²) in [6, 6.07) is 9.70. The monoisotopic (exact) mass is 620 g/mol. The number of amides is 1. The summed E-state index contributed by atoms with van der Waals surface area (Å²) in [5, 5.41) is 4.53. The minimum Gasteiger partial charge on any atom is -0.480 e. The number of hydrogen-bond acceptors (Lipinski definition) is 8.